The van der Waals surface area contributed by atoms with E-state index < -0.39 is 0 Å². The van der Waals surface area contributed by atoms with Gasteiger partial charge in [0.1, 0.15) is 17.3 Å². The van der Waals surface area contributed by atoms with Gasteiger partial charge in [-0.05, 0) is 51.0 Å². The minimum absolute atomic E-state index is 0.0862. The van der Waals surface area contributed by atoms with E-state index in [1.807, 2.05) is 38.1 Å². The SMILES string of the molecule is CCOc1ccc(OC(C)c2nnc3n2CCC(C(=O)OC)CC3)cc1. The molecule has 7 nitrogen and oxygen atoms in total. The van der Waals surface area contributed by atoms with Gasteiger partial charge in [-0.1, -0.05) is 0 Å². The summed E-state index contributed by atoms with van der Waals surface area (Å²) in [5, 5.41) is 8.62. The number of carbonyl (C=O) groups is 1. The Morgan fingerprint density at radius 3 is 2.65 bits per heavy atom. The summed E-state index contributed by atoms with van der Waals surface area (Å²) in [4.78, 5) is 11.8. The summed E-state index contributed by atoms with van der Waals surface area (Å²) in [6.07, 6.45) is 1.92. The van der Waals surface area contributed by atoms with E-state index in [4.69, 9.17) is 14.2 Å². The second-order valence-corrected chi connectivity index (χ2v) is 6.34. The minimum Gasteiger partial charge on any atom is -0.494 e. The number of hydrogen-bond acceptors (Lipinski definition) is 6. The smallest absolute Gasteiger partial charge is 0.308 e. The molecule has 26 heavy (non-hydrogen) atoms. The molecular weight excluding hydrogens is 334 g/mol. The van der Waals surface area contributed by atoms with E-state index in [1.54, 1.807) is 0 Å². The summed E-state index contributed by atoms with van der Waals surface area (Å²) in [6.45, 7) is 5.23. The van der Waals surface area contributed by atoms with Crippen molar-refractivity contribution < 1.29 is 19.0 Å². The van der Waals surface area contributed by atoms with Crippen molar-refractivity contribution >= 4 is 5.97 Å². The van der Waals surface area contributed by atoms with Crippen molar-refractivity contribution in [2.45, 2.75) is 45.8 Å². The molecule has 0 fully saturated rings. The van der Waals surface area contributed by atoms with Gasteiger partial charge in [0.25, 0.3) is 0 Å². The molecule has 2 heterocycles. The van der Waals surface area contributed by atoms with Gasteiger partial charge < -0.3 is 18.8 Å². The van der Waals surface area contributed by atoms with Crippen molar-refractivity contribution in [1.82, 2.24) is 14.8 Å². The Bertz CT molecular complexity index is 742. The van der Waals surface area contributed by atoms with Gasteiger partial charge in [-0.2, -0.15) is 0 Å². The van der Waals surface area contributed by atoms with Crippen molar-refractivity contribution in [1.29, 1.82) is 0 Å². The van der Waals surface area contributed by atoms with Gasteiger partial charge in [0.2, 0.25) is 0 Å². The Morgan fingerprint density at radius 1 is 1.23 bits per heavy atom. The summed E-state index contributed by atoms with van der Waals surface area (Å²) >= 11 is 0. The van der Waals surface area contributed by atoms with Crippen molar-refractivity contribution in [2.75, 3.05) is 13.7 Å². The third kappa shape index (κ3) is 3.98. The Hall–Kier alpha value is -2.57. The molecule has 0 N–H and O–H groups in total. The van der Waals surface area contributed by atoms with E-state index >= 15 is 0 Å². The third-order valence-corrected chi connectivity index (χ3v) is 4.62. The molecule has 0 saturated carbocycles. The molecule has 0 saturated heterocycles. The fraction of sp³-hybridized carbons (Fsp3) is 0.526. The van der Waals surface area contributed by atoms with Gasteiger partial charge >= 0.3 is 5.97 Å². The summed E-state index contributed by atoms with van der Waals surface area (Å²) in [6, 6.07) is 7.54. The van der Waals surface area contributed by atoms with E-state index in [-0.39, 0.29) is 18.0 Å². The van der Waals surface area contributed by atoms with E-state index in [2.05, 4.69) is 14.8 Å². The number of benzene rings is 1. The molecule has 1 aromatic heterocycles. The maximum atomic E-state index is 11.8. The molecule has 0 spiro atoms. The van der Waals surface area contributed by atoms with Crippen molar-refractivity contribution in [3.63, 3.8) is 0 Å². The number of nitrogens with zero attached hydrogens (tertiary/aromatic N) is 3. The number of ether oxygens (including phenoxy) is 3. The van der Waals surface area contributed by atoms with Crippen LogP contribution in [0.4, 0.5) is 0 Å². The maximum absolute atomic E-state index is 11.8. The summed E-state index contributed by atoms with van der Waals surface area (Å²) in [5.41, 5.74) is 0. The van der Waals surface area contributed by atoms with Crippen LogP contribution in [0.15, 0.2) is 24.3 Å². The first kappa shape index (κ1) is 18.2. The van der Waals surface area contributed by atoms with Gasteiger partial charge in [0, 0.05) is 13.0 Å². The molecule has 140 valence electrons. The zero-order valence-corrected chi connectivity index (χ0v) is 15.5. The van der Waals surface area contributed by atoms with Crippen LogP contribution in [0.1, 0.15) is 44.4 Å². The lowest BCUT2D eigenvalue weighted by atomic mass is 10.0. The molecule has 1 aliphatic heterocycles. The van der Waals surface area contributed by atoms with E-state index in [0.29, 0.717) is 19.6 Å². The van der Waals surface area contributed by atoms with Crippen molar-refractivity contribution in [3.05, 3.63) is 35.9 Å². The molecule has 2 aromatic rings. The van der Waals surface area contributed by atoms with Gasteiger partial charge in [-0.15, -0.1) is 10.2 Å². The van der Waals surface area contributed by atoms with Crippen LogP contribution in [-0.2, 0) is 22.5 Å². The first-order valence-electron chi connectivity index (χ1n) is 9.01. The molecule has 0 radical (unpaired) electrons. The normalized spacial score (nSPS) is 17.7. The number of aromatic nitrogens is 3. The average Bonchev–Trinajstić information content (AvgIpc) is 2.94. The first-order valence-corrected chi connectivity index (χ1v) is 9.01. The Kier molecular flexibility index (Phi) is 5.75. The third-order valence-electron chi connectivity index (χ3n) is 4.62. The monoisotopic (exact) mass is 359 g/mol. The number of fused-ring (bicyclic) bond motifs is 1. The van der Waals surface area contributed by atoms with Gasteiger partial charge in [-0.25, -0.2) is 0 Å². The standard InChI is InChI=1S/C19H25N3O4/c1-4-25-15-6-8-16(9-7-15)26-13(2)18-21-20-17-10-5-14(19(23)24-3)11-12-22(17)18/h6-9,13-14H,4-5,10-12H2,1-3H3. The molecule has 7 heteroatoms. The highest BCUT2D eigenvalue weighted by atomic mass is 16.5. The molecule has 1 aromatic carbocycles. The second-order valence-electron chi connectivity index (χ2n) is 6.34. The molecule has 0 bridgehead atoms. The molecular formula is C19H25N3O4. The number of hydrogen-bond donors (Lipinski definition) is 0. The van der Waals surface area contributed by atoms with E-state index in [1.165, 1.54) is 7.11 Å². The predicted molar refractivity (Wildman–Crippen MR) is 95.1 cm³/mol. The average molecular weight is 359 g/mol. The fourth-order valence-electron chi connectivity index (χ4n) is 3.25. The highest BCUT2D eigenvalue weighted by Crippen LogP contribution is 2.27. The van der Waals surface area contributed by atoms with Crippen LogP contribution >= 0.6 is 0 Å². The molecule has 0 amide bonds. The van der Waals surface area contributed by atoms with Gasteiger partial charge in [0.15, 0.2) is 11.9 Å². The topological polar surface area (TPSA) is 75.5 Å². The lowest BCUT2D eigenvalue weighted by Gasteiger charge is -2.16. The molecule has 1 aliphatic rings. The molecule has 0 aliphatic carbocycles. The van der Waals surface area contributed by atoms with Crippen LogP contribution in [0.2, 0.25) is 0 Å². The van der Waals surface area contributed by atoms with E-state index in [9.17, 15) is 4.79 Å². The number of rotatable bonds is 6. The van der Waals surface area contributed by atoms with Crippen LogP contribution in [-0.4, -0.2) is 34.5 Å². The number of carbonyl (C=O) groups excluding carboxylic acids is 1. The van der Waals surface area contributed by atoms with Crippen LogP contribution in [0.3, 0.4) is 0 Å². The van der Waals surface area contributed by atoms with E-state index in [0.717, 1.165) is 36.0 Å². The second kappa shape index (κ2) is 8.21. The zero-order valence-electron chi connectivity index (χ0n) is 15.5. The summed E-state index contributed by atoms with van der Waals surface area (Å²) in [5.74, 6) is 3.01. The lowest BCUT2D eigenvalue weighted by molar-refractivity contribution is -0.145. The van der Waals surface area contributed by atoms with Crippen LogP contribution in [0, 0.1) is 5.92 Å². The highest BCUT2D eigenvalue weighted by molar-refractivity contribution is 5.72. The Balaban J connectivity index is 1.69. The van der Waals surface area contributed by atoms with Crippen molar-refractivity contribution in [3.8, 4) is 11.5 Å². The summed E-state index contributed by atoms with van der Waals surface area (Å²) < 4.78 is 18.4. The summed E-state index contributed by atoms with van der Waals surface area (Å²) in [7, 11) is 1.44. The molecule has 3 rings (SSSR count). The van der Waals surface area contributed by atoms with Gasteiger partial charge in [-0.3, -0.25) is 4.79 Å². The lowest BCUT2D eigenvalue weighted by Crippen LogP contribution is -2.18. The van der Waals surface area contributed by atoms with Crippen LogP contribution < -0.4 is 9.47 Å². The number of aryl methyl sites for hydroxylation is 1. The minimum atomic E-state index is -0.246. The largest absolute Gasteiger partial charge is 0.494 e. The predicted octanol–water partition coefficient (Wildman–Crippen LogP) is 2.94. The molecule has 2 atom stereocenters. The zero-order chi connectivity index (χ0) is 18.5. The Morgan fingerprint density at radius 2 is 1.96 bits per heavy atom. The fourth-order valence-corrected chi connectivity index (χ4v) is 3.25. The van der Waals surface area contributed by atoms with Crippen molar-refractivity contribution in [2.24, 2.45) is 5.92 Å². The highest BCUT2D eigenvalue weighted by Gasteiger charge is 2.27. The van der Waals surface area contributed by atoms with Crippen LogP contribution in [0.25, 0.3) is 0 Å². The quantitative estimate of drug-likeness (QED) is 0.738. The van der Waals surface area contributed by atoms with Crippen LogP contribution in [0.5, 0.6) is 11.5 Å². The Labute approximate surface area is 153 Å². The maximum Gasteiger partial charge on any atom is 0.308 e. The first-order chi connectivity index (χ1) is 12.6. The van der Waals surface area contributed by atoms with Gasteiger partial charge in [0.05, 0.1) is 19.6 Å². The molecule has 2 unspecified atom stereocenters. The number of esters is 1. The number of methoxy groups -OCH3 is 1.